The average Bonchev–Trinajstić information content (AvgIpc) is 2.76. The minimum Gasteiger partial charge on any atom is -0.325 e. The van der Waals surface area contributed by atoms with Crippen molar-refractivity contribution >= 4 is 50.5 Å². The van der Waals surface area contributed by atoms with Gasteiger partial charge in [-0.2, -0.15) is 4.31 Å². The van der Waals surface area contributed by atoms with Gasteiger partial charge in [-0.1, -0.05) is 53.0 Å². The number of hydrogen-bond acceptors (Lipinski definition) is 5. The summed E-state index contributed by atoms with van der Waals surface area (Å²) in [6, 6.07) is 16.3. The van der Waals surface area contributed by atoms with Crippen LogP contribution in [0.5, 0.6) is 0 Å². The van der Waals surface area contributed by atoms with Crippen LogP contribution < -0.4 is 5.32 Å². The van der Waals surface area contributed by atoms with Gasteiger partial charge in [-0.15, -0.1) is 0 Å². The van der Waals surface area contributed by atoms with Crippen LogP contribution in [0.25, 0.3) is 0 Å². The predicted octanol–water partition coefficient (Wildman–Crippen LogP) is 5.04. The topological polar surface area (TPSA) is 110 Å². The number of non-ortho nitro benzene ring substituents is 1. The fourth-order valence-electron chi connectivity index (χ4n) is 2.98. The largest absolute Gasteiger partial charge is 0.325 e. The van der Waals surface area contributed by atoms with Crippen LogP contribution in [0.3, 0.4) is 0 Å². The summed E-state index contributed by atoms with van der Waals surface area (Å²) in [5.41, 5.74) is 1.39. The number of nitro benzene ring substituents is 1. The molecule has 0 aromatic heterocycles. The van der Waals surface area contributed by atoms with Crippen molar-refractivity contribution in [3.63, 3.8) is 0 Å². The number of nitrogens with zero attached hydrogens (tertiary/aromatic N) is 2. The van der Waals surface area contributed by atoms with E-state index in [1.807, 2.05) is 6.92 Å². The first kappa shape index (κ1) is 24.7. The summed E-state index contributed by atoms with van der Waals surface area (Å²) < 4.78 is 27.7. The second-order valence-electron chi connectivity index (χ2n) is 7.19. The summed E-state index contributed by atoms with van der Waals surface area (Å²) in [5.74, 6) is -0.661. The highest BCUT2D eigenvalue weighted by Gasteiger charge is 2.27. The summed E-state index contributed by atoms with van der Waals surface area (Å²) in [6.07, 6.45) is 0. The SMILES string of the molecule is Cc1ccc(S(=O)(=O)N(CC(=O)Nc2cccc([N+](=O)[O-])c2)Cc2ccc(Cl)c(Cl)c2)cc1. The highest BCUT2D eigenvalue weighted by Crippen LogP contribution is 2.25. The van der Waals surface area contributed by atoms with E-state index in [1.54, 1.807) is 24.3 Å². The molecule has 0 aliphatic rings. The molecule has 0 bridgehead atoms. The van der Waals surface area contributed by atoms with Gasteiger partial charge in [0.15, 0.2) is 0 Å². The smallest absolute Gasteiger partial charge is 0.271 e. The number of benzene rings is 3. The van der Waals surface area contributed by atoms with Gasteiger partial charge in [0.1, 0.15) is 0 Å². The third-order valence-corrected chi connectivity index (χ3v) is 7.21. The lowest BCUT2D eigenvalue weighted by atomic mass is 10.2. The molecule has 1 N–H and O–H groups in total. The van der Waals surface area contributed by atoms with Crippen molar-refractivity contribution < 1.29 is 18.1 Å². The molecule has 0 saturated heterocycles. The molecule has 1 amide bonds. The Morgan fingerprint density at radius 3 is 2.36 bits per heavy atom. The van der Waals surface area contributed by atoms with Gasteiger partial charge in [-0.25, -0.2) is 8.42 Å². The van der Waals surface area contributed by atoms with Gasteiger partial charge in [0, 0.05) is 24.4 Å². The molecule has 3 aromatic rings. The molecule has 11 heteroatoms. The number of carbonyl (C=O) groups excluding carboxylic acids is 1. The predicted molar refractivity (Wildman–Crippen MR) is 127 cm³/mol. The van der Waals surface area contributed by atoms with E-state index in [-0.39, 0.29) is 27.8 Å². The van der Waals surface area contributed by atoms with E-state index in [0.29, 0.717) is 10.6 Å². The zero-order valence-corrected chi connectivity index (χ0v) is 19.7. The summed E-state index contributed by atoms with van der Waals surface area (Å²) in [7, 11) is -4.06. The molecule has 0 atom stereocenters. The van der Waals surface area contributed by atoms with Gasteiger partial charge in [-0.3, -0.25) is 14.9 Å². The van der Waals surface area contributed by atoms with Crippen molar-refractivity contribution in [1.82, 2.24) is 4.31 Å². The van der Waals surface area contributed by atoms with Crippen LogP contribution in [0, 0.1) is 17.0 Å². The van der Waals surface area contributed by atoms with Crippen molar-refractivity contribution in [1.29, 1.82) is 0 Å². The van der Waals surface area contributed by atoms with Gasteiger partial charge in [0.2, 0.25) is 15.9 Å². The Morgan fingerprint density at radius 1 is 1.03 bits per heavy atom. The van der Waals surface area contributed by atoms with E-state index in [4.69, 9.17) is 23.2 Å². The molecule has 0 saturated carbocycles. The molecule has 0 fully saturated rings. The van der Waals surface area contributed by atoms with Crippen LogP contribution in [0.15, 0.2) is 71.6 Å². The lowest BCUT2D eigenvalue weighted by molar-refractivity contribution is -0.384. The summed E-state index contributed by atoms with van der Waals surface area (Å²) in [6.45, 7) is 1.16. The lowest BCUT2D eigenvalue weighted by Gasteiger charge is -2.22. The lowest BCUT2D eigenvalue weighted by Crippen LogP contribution is -2.37. The molecular formula is C22H19Cl2N3O5S. The maximum Gasteiger partial charge on any atom is 0.271 e. The van der Waals surface area contributed by atoms with Crippen LogP contribution in [0.4, 0.5) is 11.4 Å². The molecule has 172 valence electrons. The first-order valence-electron chi connectivity index (χ1n) is 9.61. The Balaban J connectivity index is 1.89. The Bertz CT molecular complexity index is 1300. The normalized spacial score (nSPS) is 11.4. The minimum atomic E-state index is -4.06. The van der Waals surface area contributed by atoms with Crippen LogP contribution in [0.2, 0.25) is 10.0 Å². The number of sulfonamides is 1. The highest BCUT2D eigenvalue weighted by atomic mass is 35.5. The maximum atomic E-state index is 13.3. The second kappa shape index (κ2) is 10.3. The fraction of sp³-hybridized carbons (Fsp3) is 0.136. The highest BCUT2D eigenvalue weighted by molar-refractivity contribution is 7.89. The van der Waals surface area contributed by atoms with E-state index >= 15 is 0 Å². The molecule has 3 rings (SSSR count). The number of nitrogens with one attached hydrogen (secondary N) is 1. The third-order valence-electron chi connectivity index (χ3n) is 4.66. The first-order chi connectivity index (χ1) is 15.6. The van der Waals surface area contributed by atoms with E-state index < -0.39 is 27.4 Å². The number of anilines is 1. The minimum absolute atomic E-state index is 0.0244. The van der Waals surface area contributed by atoms with Gasteiger partial charge in [0.25, 0.3) is 5.69 Å². The maximum absolute atomic E-state index is 13.3. The molecule has 0 radical (unpaired) electrons. The molecule has 0 aliphatic heterocycles. The van der Waals surface area contributed by atoms with Crippen molar-refractivity contribution in [3.05, 3.63) is 98.0 Å². The molecule has 8 nitrogen and oxygen atoms in total. The van der Waals surface area contributed by atoms with E-state index in [2.05, 4.69) is 5.32 Å². The van der Waals surface area contributed by atoms with Crippen LogP contribution in [0.1, 0.15) is 11.1 Å². The number of rotatable bonds is 8. The second-order valence-corrected chi connectivity index (χ2v) is 9.94. The Kier molecular flexibility index (Phi) is 7.70. The quantitative estimate of drug-likeness (QED) is 0.339. The van der Waals surface area contributed by atoms with Crippen molar-refractivity contribution in [2.45, 2.75) is 18.4 Å². The van der Waals surface area contributed by atoms with Crippen molar-refractivity contribution in [2.75, 3.05) is 11.9 Å². The zero-order chi connectivity index (χ0) is 24.2. The Labute approximate surface area is 200 Å². The molecular weight excluding hydrogens is 489 g/mol. The molecule has 3 aromatic carbocycles. The van der Waals surface area contributed by atoms with Crippen molar-refractivity contribution in [3.8, 4) is 0 Å². The van der Waals surface area contributed by atoms with Crippen LogP contribution >= 0.6 is 23.2 Å². The Morgan fingerprint density at radius 2 is 1.73 bits per heavy atom. The molecule has 0 aliphatic carbocycles. The van der Waals surface area contributed by atoms with Gasteiger partial charge in [0.05, 0.1) is 26.4 Å². The average molecular weight is 508 g/mol. The number of carbonyl (C=O) groups is 1. The van der Waals surface area contributed by atoms with Gasteiger partial charge in [-0.05, 0) is 42.8 Å². The zero-order valence-electron chi connectivity index (χ0n) is 17.4. The monoisotopic (exact) mass is 507 g/mol. The third kappa shape index (κ3) is 6.29. The first-order valence-corrected chi connectivity index (χ1v) is 11.8. The number of aryl methyl sites for hydroxylation is 1. The fourth-order valence-corrected chi connectivity index (χ4v) is 4.69. The van der Waals surface area contributed by atoms with E-state index in [9.17, 15) is 23.3 Å². The number of halogens is 2. The van der Waals surface area contributed by atoms with Crippen LogP contribution in [-0.2, 0) is 21.4 Å². The Hall–Kier alpha value is -2.98. The number of amides is 1. The summed E-state index contributed by atoms with van der Waals surface area (Å²) in [5, 5.41) is 14.0. The van der Waals surface area contributed by atoms with E-state index in [1.165, 1.54) is 42.5 Å². The molecule has 33 heavy (non-hydrogen) atoms. The van der Waals surface area contributed by atoms with Gasteiger partial charge < -0.3 is 5.32 Å². The molecule has 0 heterocycles. The molecule has 0 unspecified atom stereocenters. The number of hydrogen-bond donors (Lipinski definition) is 1. The standard InChI is InChI=1S/C22H19Cl2N3O5S/c1-15-5-8-19(9-6-15)33(31,32)26(13-16-7-10-20(23)21(24)11-16)14-22(28)25-17-3-2-4-18(12-17)27(29)30/h2-12H,13-14H2,1H3,(H,25,28). The number of nitro groups is 1. The summed E-state index contributed by atoms with van der Waals surface area (Å²) >= 11 is 12.0. The molecule has 0 spiro atoms. The van der Waals surface area contributed by atoms with Crippen LogP contribution in [-0.4, -0.2) is 30.1 Å². The van der Waals surface area contributed by atoms with E-state index in [0.717, 1.165) is 9.87 Å². The van der Waals surface area contributed by atoms with Crippen molar-refractivity contribution in [2.24, 2.45) is 0 Å². The van der Waals surface area contributed by atoms with Gasteiger partial charge >= 0.3 is 0 Å². The summed E-state index contributed by atoms with van der Waals surface area (Å²) in [4.78, 5) is 23.1.